The van der Waals surface area contributed by atoms with E-state index in [2.05, 4.69) is 32.9 Å². The number of nitrogens with one attached hydrogen (secondary N) is 1. The average molecular weight is 458 g/mol. The van der Waals surface area contributed by atoms with E-state index < -0.39 is 12.8 Å². The fraction of sp³-hybridized carbons (Fsp3) is 0.167. The van der Waals surface area contributed by atoms with Gasteiger partial charge in [-0.3, -0.25) is 4.98 Å². The van der Waals surface area contributed by atoms with Crippen LogP contribution in [-0.4, -0.2) is 17.8 Å². The summed E-state index contributed by atoms with van der Waals surface area (Å²) in [5.41, 5.74) is 3.17. The van der Waals surface area contributed by atoms with Gasteiger partial charge in [-0.25, -0.2) is 0 Å². The lowest BCUT2D eigenvalue weighted by Gasteiger charge is -2.16. The number of halogens is 4. The molecule has 0 aliphatic carbocycles. The second kappa shape index (κ2) is 7.07. The van der Waals surface area contributed by atoms with Gasteiger partial charge in [-0.15, -0.1) is 0 Å². The number of para-hydroxylation sites is 2. The van der Waals surface area contributed by atoms with Crippen molar-refractivity contribution >= 4 is 44.9 Å². The smallest absolute Gasteiger partial charge is 0.422 e. The number of hydrogen-bond donors (Lipinski definition) is 1. The molecule has 0 aliphatic heterocycles. The Balaban J connectivity index is 2.04. The fourth-order valence-corrected chi connectivity index (χ4v) is 2.99. The Morgan fingerprint density at radius 3 is 2.60 bits per heavy atom. The van der Waals surface area contributed by atoms with Crippen molar-refractivity contribution in [3.8, 4) is 5.75 Å². The molecule has 1 aromatic heterocycles. The molecular weight excluding hydrogens is 444 g/mol. The molecule has 0 unspecified atom stereocenters. The number of rotatable bonds is 4. The maximum atomic E-state index is 12.5. The lowest BCUT2D eigenvalue weighted by molar-refractivity contribution is -0.153. The second-order valence-corrected chi connectivity index (χ2v) is 6.64. The van der Waals surface area contributed by atoms with E-state index in [1.165, 1.54) is 6.07 Å². The lowest BCUT2D eigenvalue weighted by Crippen LogP contribution is -2.19. The average Bonchev–Trinajstić information content (AvgIpc) is 2.56. The summed E-state index contributed by atoms with van der Waals surface area (Å²) in [5.74, 6) is 0.110. The van der Waals surface area contributed by atoms with Crippen molar-refractivity contribution in [2.45, 2.75) is 13.1 Å². The van der Waals surface area contributed by atoms with E-state index in [1.807, 2.05) is 37.3 Å². The summed E-state index contributed by atoms with van der Waals surface area (Å²) in [6.45, 7) is 0.636. The first-order valence-corrected chi connectivity index (χ1v) is 8.52. The zero-order valence-electron chi connectivity index (χ0n) is 13.2. The predicted octanol–water partition coefficient (Wildman–Crippen LogP) is 5.83. The van der Waals surface area contributed by atoms with Crippen LogP contribution in [0.3, 0.4) is 0 Å². The summed E-state index contributed by atoms with van der Waals surface area (Å²) >= 11 is 2.15. The standard InChI is InChI=1S/C18H14F3IN2O/c1-11-5-2-3-7-14(11)24-16-12-6-4-8-15(25-10-18(19,20)21)17(12)23-9-13(16)22/h2-9H,10H2,1H3,(H,23,24). The van der Waals surface area contributed by atoms with E-state index >= 15 is 0 Å². The number of aromatic nitrogens is 1. The van der Waals surface area contributed by atoms with Crippen molar-refractivity contribution < 1.29 is 17.9 Å². The Kier molecular flexibility index (Phi) is 5.03. The molecule has 3 aromatic rings. The molecule has 0 radical (unpaired) electrons. The van der Waals surface area contributed by atoms with Crippen molar-refractivity contribution in [2.75, 3.05) is 11.9 Å². The maximum Gasteiger partial charge on any atom is 0.422 e. The van der Waals surface area contributed by atoms with E-state index in [1.54, 1.807) is 12.3 Å². The number of alkyl halides is 3. The summed E-state index contributed by atoms with van der Waals surface area (Å²) in [6, 6.07) is 12.8. The number of benzene rings is 2. The van der Waals surface area contributed by atoms with Crippen LogP contribution >= 0.6 is 22.6 Å². The van der Waals surface area contributed by atoms with Crippen LogP contribution in [0.5, 0.6) is 5.75 Å². The molecule has 2 aromatic carbocycles. The quantitative estimate of drug-likeness (QED) is 0.500. The third-order valence-corrected chi connectivity index (χ3v) is 4.43. The molecule has 25 heavy (non-hydrogen) atoms. The Labute approximate surface area is 156 Å². The maximum absolute atomic E-state index is 12.5. The first-order valence-electron chi connectivity index (χ1n) is 7.44. The van der Waals surface area contributed by atoms with Gasteiger partial charge in [0, 0.05) is 17.3 Å². The van der Waals surface area contributed by atoms with Crippen LogP contribution in [0, 0.1) is 10.5 Å². The highest BCUT2D eigenvalue weighted by atomic mass is 127. The number of hydrogen-bond acceptors (Lipinski definition) is 3. The molecule has 0 bridgehead atoms. The van der Waals surface area contributed by atoms with Gasteiger partial charge < -0.3 is 10.1 Å². The van der Waals surface area contributed by atoms with Crippen molar-refractivity contribution in [2.24, 2.45) is 0 Å². The van der Waals surface area contributed by atoms with Crippen molar-refractivity contribution in [3.05, 3.63) is 57.8 Å². The summed E-state index contributed by atoms with van der Waals surface area (Å²) in [4.78, 5) is 4.27. The third kappa shape index (κ3) is 4.15. The Hall–Kier alpha value is -2.03. The number of pyridine rings is 1. The van der Waals surface area contributed by atoms with Crippen LogP contribution in [0.25, 0.3) is 10.9 Å². The van der Waals surface area contributed by atoms with Gasteiger partial charge in [0.05, 0.1) is 9.26 Å². The molecule has 0 fully saturated rings. The third-order valence-electron chi connectivity index (χ3n) is 3.61. The topological polar surface area (TPSA) is 34.2 Å². The predicted molar refractivity (Wildman–Crippen MR) is 100 cm³/mol. The number of ether oxygens (including phenoxy) is 1. The van der Waals surface area contributed by atoms with Crippen LogP contribution in [0.15, 0.2) is 48.7 Å². The fourth-order valence-electron chi connectivity index (χ4n) is 2.42. The van der Waals surface area contributed by atoms with Gasteiger partial charge in [-0.1, -0.05) is 30.3 Å². The molecule has 0 aliphatic rings. The van der Waals surface area contributed by atoms with Crippen LogP contribution in [-0.2, 0) is 0 Å². The molecule has 1 N–H and O–H groups in total. The van der Waals surface area contributed by atoms with Crippen LogP contribution < -0.4 is 10.1 Å². The summed E-state index contributed by atoms with van der Waals surface area (Å²) in [5, 5.41) is 4.06. The van der Waals surface area contributed by atoms with Crippen LogP contribution in [0.1, 0.15) is 5.56 Å². The molecule has 0 amide bonds. The van der Waals surface area contributed by atoms with Gasteiger partial charge in [0.15, 0.2) is 6.61 Å². The van der Waals surface area contributed by atoms with E-state index in [9.17, 15) is 13.2 Å². The monoisotopic (exact) mass is 458 g/mol. The zero-order chi connectivity index (χ0) is 18.0. The molecule has 130 valence electrons. The molecule has 0 atom stereocenters. The number of anilines is 2. The molecular formula is C18H14F3IN2O. The normalized spacial score (nSPS) is 11.6. The molecule has 0 spiro atoms. The van der Waals surface area contributed by atoms with E-state index in [-0.39, 0.29) is 5.75 Å². The molecule has 0 saturated heterocycles. The van der Waals surface area contributed by atoms with E-state index in [0.717, 1.165) is 20.5 Å². The summed E-state index contributed by atoms with van der Waals surface area (Å²) in [6.07, 6.45) is -2.78. The van der Waals surface area contributed by atoms with Crippen molar-refractivity contribution in [3.63, 3.8) is 0 Å². The van der Waals surface area contributed by atoms with Crippen molar-refractivity contribution in [1.29, 1.82) is 0 Å². The first kappa shape index (κ1) is 17.8. The zero-order valence-corrected chi connectivity index (χ0v) is 15.4. The lowest BCUT2D eigenvalue weighted by atomic mass is 10.1. The number of aryl methyl sites for hydroxylation is 1. The van der Waals surface area contributed by atoms with Gasteiger partial charge in [0.2, 0.25) is 0 Å². The van der Waals surface area contributed by atoms with Gasteiger partial charge in [0.1, 0.15) is 11.3 Å². The van der Waals surface area contributed by atoms with Gasteiger partial charge in [0.25, 0.3) is 0 Å². The minimum atomic E-state index is -4.40. The van der Waals surface area contributed by atoms with E-state index in [0.29, 0.717) is 10.9 Å². The van der Waals surface area contributed by atoms with Crippen molar-refractivity contribution in [1.82, 2.24) is 4.98 Å². The minimum Gasteiger partial charge on any atom is -0.482 e. The highest BCUT2D eigenvalue weighted by Gasteiger charge is 2.29. The molecule has 0 saturated carbocycles. The molecule has 1 heterocycles. The van der Waals surface area contributed by atoms with Gasteiger partial charge in [-0.2, -0.15) is 13.2 Å². The number of nitrogens with zero attached hydrogens (tertiary/aromatic N) is 1. The first-order chi connectivity index (χ1) is 11.8. The van der Waals surface area contributed by atoms with Crippen LogP contribution in [0.2, 0.25) is 0 Å². The van der Waals surface area contributed by atoms with Gasteiger partial charge >= 0.3 is 6.18 Å². The summed E-state index contributed by atoms with van der Waals surface area (Å²) < 4.78 is 43.2. The minimum absolute atomic E-state index is 0.110. The highest BCUT2D eigenvalue weighted by Crippen LogP contribution is 2.35. The SMILES string of the molecule is Cc1ccccc1Nc1c(I)cnc2c(OCC(F)(F)F)cccc12. The second-order valence-electron chi connectivity index (χ2n) is 5.48. The largest absolute Gasteiger partial charge is 0.482 e. The molecule has 3 rings (SSSR count). The van der Waals surface area contributed by atoms with Gasteiger partial charge in [-0.05, 0) is 47.2 Å². The molecule has 3 nitrogen and oxygen atoms in total. The van der Waals surface area contributed by atoms with Crippen LogP contribution in [0.4, 0.5) is 24.5 Å². The molecule has 7 heteroatoms. The Bertz CT molecular complexity index is 912. The Morgan fingerprint density at radius 2 is 1.88 bits per heavy atom. The van der Waals surface area contributed by atoms with E-state index in [4.69, 9.17) is 4.74 Å². The Morgan fingerprint density at radius 1 is 1.12 bits per heavy atom. The highest BCUT2D eigenvalue weighted by molar-refractivity contribution is 14.1. The summed E-state index contributed by atoms with van der Waals surface area (Å²) in [7, 11) is 0. The number of fused-ring (bicyclic) bond motifs is 1.